The van der Waals surface area contributed by atoms with Gasteiger partial charge in [0.2, 0.25) is 5.91 Å². The quantitative estimate of drug-likeness (QED) is 0.528. The second kappa shape index (κ2) is 11.3. The average molecular weight is 444 g/mol. The van der Waals surface area contributed by atoms with Crippen molar-refractivity contribution < 1.29 is 14.3 Å². The van der Waals surface area contributed by atoms with Crippen LogP contribution in [0, 0.1) is 0 Å². The number of amides is 2. The van der Waals surface area contributed by atoms with E-state index in [-0.39, 0.29) is 24.6 Å². The largest absolute Gasteiger partial charge is 0.445 e. The third-order valence-corrected chi connectivity index (χ3v) is 5.67. The van der Waals surface area contributed by atoms with E-state index in [2.05, 4.69) is 5.43 Å². The number of benzene rings is 3. The van der Waals surface area contributed by atoms with Crippen LogP contribution in [-0.2, 0) is 29.2 Å². The number of ether oxygens (including phenoxy) is 1. The van der Waals surface area contributed by atoms with E-state index in [9.17, 15) is 9.59 Å². The Labute approximate surface area is 194 Å². The summed E-state index contributed by atoms with van der Waals surface area (Å²) in [6.45, 7) is 1.72. The average Bonchev–Trinajstić information content (AvgIpc) is 3.21. The topological polar surface area (TPSA) is 61.9 Å². The summed E-state index contributed by atoms with van der Waals surface area (Å²) in [6, 6.07) is 29.4. The van der Waals surface area contributed by atoms with Crippen LogP contribution < -0.4 is 5.43 Å². The van der Waals surface area contributed by atoms with Crippen molar-refractivity contribution in [3.05, 3.63) is 108 Å². The summed E-state index contributed by atoms with van der Waals surface area (Å²) in [5.41, 5.74) is 6.37. The van der Waals surface area contributed by atoms with Gasteiger partial charge in [-0.25, -0.2) is 10.2 Å². The van der Waals surface area contributed by atoms with Gasteiger partial charge in [-0.1, -0.05) is 91.0 Å². The Morgan fingerprint density at radius 1 is 0.879 bits per heavy atom. The summed E-state index contributed by atoms with van der Waals surface area (Å²) in [5, 5.41) is 1.68. The summed E-state index contributed by atoms with van der Waals surface area (Å²) in [6.07, 6.45) is 0.725. The van der Waals surface area contributed by atoms with Crippen molar-refractivity contribution in [1.29, 1.82) is 0 Å². The van der Waals surface area contributed by atoms with Gasteiger partial charge in [-0.15, -0.1) is 0 Å². The van der Waals surface area contributed by atoms with Crippen molar-refractivity contribution in [2.75, 3.05) is 6.54 Å². The first-order valence-electron chi connectivity index (χ1n) is 11.3. The number of hydrogen-bond acceptors (Lipinski definition) is 4. The molecule has 1 unspecified atom stereocenters. The highest BCUT2D eigenvalue weighted by atomic mass is 16.6. The van der Waals surface area contributed by atoms with E-state index in [1.807, 2.05) is 91.0 Å². The molecule has 0 saturated carbocycles. The van der Waals surface area contributed by atoms with Gasteiger partial charge in [-0.05, 0) is 23.1 Å². The van der Waals surface area contributed by atoms with Gasteiger partial charge in [-0.3, -0.25) is 9.80 Å². The highest BCUT2D eigenvalue weighted by Gasteiger charge is 2.30. The van der Waals surface area contributed by atoms with Gasteiger partial charge in [0.1, 0.15) is 6.61 Å². The predicted molar refractivity (Wildman–Crippen MR) is 127 cm³/mol. The minimum absolute atomic E-state index is 0.0126. The summed E-state index contributed by atoms with van der Waals surface area (Å²) < 4.78 is 5.59. The molecular formula is C27H29N3O3. The Kier molecular flexibility index (Phi) is 7.72. The SMILES string of the molecule is O=C(OCc1ccccc1)N(CCC1CC(=O)N(Cc2ccccc2)N1)Cc1ccccc1. The number of rotatable bonds is 9. The van der Waals surface area contributed by atoms with Crippen LogP contribution in [0.25, 0.3) is 0 Å². The van der Waals surface area contributed by atoms with Crippen molar-refractivity contribution in [1.82, 2.24) is 15.3 Å². The highest BCUT2D eigenvalue weighted by Crippen LogP contribution is 2.16. The maximum atomic E-state index is 12.9. The first-order valence-corrected chi connectivity index (χ1v) is 11.3. The van der Waals surface area contributed by atoms with Crippen LogP contribution in [0.2, 0.25) is 0 Å². The molecule has 1 fully saturated rings. The molecular weight excluding hydrogens is 414 g/mol. The summed E-state index contributed by atoms with van der Waals surface area (Å²) in [5.74, 6) is 0.0742. The zero-order valence-electron chi connectivity index (χ0n) is 18.6. The molecule has 0 bridgehead atoms. The minimum atomic E-state index is -0.354. The Morgan fingerprint density at radius 3 is 2.09 bits per heavy atom. The Balaban J connectivity index is 1.34. The fourth-order valence-corrected chi connectivity index (χ4v) is 3.89. The van der Waals surface area contributed by atoms with E-state index < -0.39 is 0 Å². The van der Waals surface area contributed by atoms with Crippen molar-refractivity contribution in [3.8, 4) is 0 Å². The van der Waals surface area contributed by atoms with Crippen LogP contribution in [-0.4, -0.2) is 34.5 Å². The first-order chi connectivity index (χ1) is 16.2. The van der Waals surface area contributed by atoms with Crippen LogP contribution in [0.4, 0.5) is 4.79 Å². The maximum Gasteiger partial charge on any atom is 0.410 e. The molecule has 1 N–H and O–H groups in total. The Morgan fingerprint density at radius 2 is 1.45 bits per heavy atom. The molecule has 6 nitrogen and oxygen atoms in total. The molecule has 1 atom stereocenters. The Bertz CT molecular complexity index is 1030. The number of nitrogens with one attached hydrogen (secondary N) is 1. The van der Waals surface area contributed by atoms with Gasteiger partial charge >= 0.3 is 6.09 Å². The molecule has 1 aliphatic rings. The molecule has 1 aliphatic heterocycles. The third kappa shape index (κ3) is 6.67. The molecule has 0 aliphatic carbocycles. The molecule has 6 heteroatoms. The third-order valence-electron chi connectivity index (χ3n) is 5.67. The van der Waals surface area contributed by atoms with Crippen LogP contribution >= 0.6 is 0 Å². The fourth-order valence-electron chi connectivity index (χ4n) is 3.89. The van der Waals surface area contributed by atoms with E-state index in [1.165, 1.54) is 0 Å². The molecule has 3 aromatic rings. The zero-order valence-corrected chi connectivity index (χ0v) is 18.6. The number of nitrogens with zero attached hydrogens (tertiary/aromatic N) is 2. The lowest BCUT2D eigenvalue weighted by Gasteiger charge is -2.24. The minimum Gasteiger partial charge on any atom is -0.445 e. The lowest BCUT2D eigenvalue weighted by Crippen LogP contribution is -2.39. The second-order valence-corrected chi connectivity index (χ2v) is 8.23. The molecule has 33 heavy (non-hydrogen) atoms. The number of carbonyl (C=O) groups excluding carboxylic acids is 2. The normalized spacial score (nSPS) is 15.5. The standard InChI is InChI=1S/C27H29N3O3/c31-26-18-25(28-30(26)20-23-12-6-2-7-13-23)16-17-29(19-22-10-4-1-5-11-22)27(32)33-21-24-14-8-3-9-15-24/h1-15,25,28H,16-21H2. The van der Waals surface area contributed by atoms with E-state index in [0.717, 1.165) is 16.7 Å². The van der Waals surface area contributed by atoms with Crippen LogP contribution in [0.5, 0.6) is 0 Å². The monoisotopic (exact) mass is 443 g/mol. The maximum absolute atomic E-state index is 12.9. The van der Waals surface area contributed by atoms with Crippen LogP contribution in [0.15, 0.2) is 91.0 Å². The van der Waals surface area contributed by atoms with Crippen molar-refractivity contribution in [2.24, 2.45) is 0 Å². The van der Waals surface area contributed by atoms with E-state index in [1.54, 1.807) is 9.91 Å². The van der Waals surface area contributed by atoms with E-state index in [4.69, 9.17) is 4.74 Å². The molecule has 0 radical (unpaired) electrons. The molecule has 1 saturated heterocycles. The summed E-state index contributed by atoms with van der Waals surface area (Å²) in [7, 11) is 0. The van der Waals surface area contributed by atoms with Gasteiger partial charge in [0.15, 0.2) is 0 Å². The molecule has 3 aromatic carbocycles. The Hall–Kier alpha value is -3.64. The van der Waals surface area contributed by atoms with Crippen molar-refractivity contribution >= 4 is 12.0 Å². The lowest BCUT2D eigenvalue weighted by atomic mass is 10.1. The van der Waals surface area contributed by atoms with Gasteiger partial charge < -0.3 is 9.64 Å². The van der Waals surface area contributed by atoms with Gasteiger partial charge in [0.05, 0.1) is 6.54 Å². The van der Waals surface area contributed by atoms with Crippen LogP contribution in [0.1, 0.15) is 29.5 Å². The number of hydrazine groups is 1. The highest BCUT2D eigenvalue weighted by molar-refractivity contribution is 5.78. The predicted octanol–water partition coefficient (Wildman–Crippen LogP) is 4.52. The molecule has 1 heterocycles. The summed E-state index contributed by atoms with van der Waals surface area (Å²) >= 11 is 0. The zero-order chi connectivity index (χ0) is 22.9. The second-order valence-electron chi connectivity index (χ2n) is 8.23. The molecule has 0 aromatic heterocycles. The first kappa shape index (κ1) is 22.6. The molecule has 170 valence electrons. The van der Waals surface area contributed by atoms with Gasteiger partial charge in [0, 0.05) is 25.6 Å². The van der Waals surface area contributed by atoms with Crippen molar-refractivity contribution in [2.45, 2.75) is 38.6 Å². The van der Waals surface area contributed by atoms with Crippen molar-refractivity contribution in [3.63, 3.8) is 0 Å². The van der Waals surface area contributed by atoms with E-state index >= 15 is 0 Å². The number of carbonyl (C=O) groups is 2. The number of hydrogen-bond donors (Lipinski definition) is 1. The molecule has 4 rings (SSSR count). The van der Waals surface area contributed by atoms with Gasteiger partial charge in [0.25, 0.3) is 0 Å². The summed E-state index contributed by atoms with van der Waals surface area (Å²) in [4.78, 5) is 27.1. The fraction of sp³-hybridized carbons (Fsp3) is 0.259. The smallest absolute Gasteiger partial charge is 0.410 e. The molecule has 0 spiro atoms. The lowest BCUT2D eigenvalue weighted by molar-refractivity contribution is -0.130. The van der Waals surface area contributed by atoms with Gasteiger partial charge in [-0.2, -0.15) is 0 Å². The molecule has 2 amide bonds. The van der Waals surface area contributed by atoms with Crippen LogP contribution in [0.3, 0.4) is 0 Å². The van der Waals surface area contributed by atoms with E-state index in [0.29, 0.717) is 32.5 Å².